The second-order valence-electron chi connectivity index (χ2n) is 3.08. The Morgan fingerprint density at radius 1 is 1.46 bits per heavy atom. The standard InChI is InChI=1S/C7H9N5O/c1-5(2)6(13)11-3-4-12-7(11)8-9-10-12/h3-5H,1-2H3. The molecule has 0 radical (unpaired) electrons. The van der Waals surface area contributed by atoms with E-state index < -0.39 is 0 Å². The fourth-order valence-electron chi connectivity index (χ4n) is 1.09. The van der Waals surface area contributed by atoms with Gasteiger partial charge in [0.05, 0.1) is 6.20 Å². The average Bonchev–Trinajstić information content (AvgIpc) is 2.61. The lowest BCUT2D eigenvalue weighted by molar-refractivity contribution is 0.0859. The smallest absolute Gasteiger partial charge is 0.260 e. The highest BCUT2D eigenvalue weighted by atomic mass is 16.2. The maximum Gasteiger partial charge on any atom is 0.260 e. The molecule has 2 heterocycles. The van der Waals surface area contributed by atoms with E-state index in [9.17, 15) is 4.79 Å². The first-order chi connectivity index (χ1) is 6.20. The number of aromatic nitrogens is 5. The van der Waals surface area contributed by atoms with E-state index >= 15 is 0 Å². The van der Waals surface area contributed by atoms with Gasteiger partial charge in [0.2, 0.25) is 5.91 Å². The average molecular weight is 179 g/mol. The van der Waals surface area contributed by atoms with Crippen LogP contribution in [0.3, 0.4) is 0 Å². The predicted molar refractivity (Wildman–Crippen MR) is 44.2 cm³/mol. The summed E-state index contributed by atoms with van der Waals surface area (Å²) >= 11 is 0. The molecule has 68 valence electrons. The summed E-state index contributed by atoms with van der Waals surface area (Å²) in [6.45, 7) is 3.67. The summed E-state index contributed by atoms with van der Waals surface area (Å²) < 4.78 is 2.91. The molecule has 0 unspecified atom stereocenters. The first-order valence-corrected chi connectivity index (χ1v) is 3.99. The van der Waals surface area contributed by atoms with Crippen molar-refractivity contribution in [3.63, 3.8) is 0 Å². The summed E-state index contributed by atoms with van der Waals surface area (Å²) in [6.07, 6.45) is 3.29. The fraction of sp³-hybridized carbons (Fsp3) is 0.429. The van der Waals surface area contributed by atoms with Crippen LogP contribution < -0.4 is 0 Å². The van der Waals surface area contributed by atoms with Gasteiger partial charge in [0.1, 0.15) is 0 Å². The van der Waals surface area contributed by atoms with Crippen LogP contribution in [0, 0.1) is 5.92 Å². The van der Waals surface area contributed by atoms with Gasteiger partial charge in [-0.15, -0.1) is 0 Å². The number of carbonyl (C=O) groups is 1. The molecule has 2 rings (SSSR count). The van der Waals surface area contributed by atoms with Crippen molar-refractivity contribution >= 4 is 11.7 Å². The van der Waals surface area contributed by atoms with E-state index in [1.165, 1.54) is 9.08 Å². The summed E-state index contributed by atoms with van der Waals surface area (Å²) in [7, 11) is 0. The van der Waals surface area contributed by atoms with Crippen molar-refractivity contribution in [2.45, 2.75) is 13.8 Å². The van der Waals surface area contributed by atoms with Gasteiger partial charge in [-0.1, -0.05) is 18.9 Å². The number of hydrogen-bond acceptors (Lipinski definition) is 4. The highest BCUT2D eigenvalue weighted by Gasteiger charge is 2.14. The molecular weight excluding hydrogens is 170 g/mol. The molecule has 0 N–H and O–H groups in total. The monoisotopic (exact) mass is 179 g/mol. The summed E-state index contributed by atoms with van der Waals surface area (Å²) in [5.74, 6) is 0.386. The number of tetrazole rings is 1. The van der Waals surface area contributed by atoms with E-state index in [1.54, 1.807) is 12.4 Å². The summed E-state index contributed by atoms with van der Waals surface area (Å²) in [6, 6.07) is 0. The second kappa shape index (κ2) is 2.65. The minimum absolute atomic E-state index is 0.00944. The van der Waals surface area contributed by atoms with Gasteiger partial charge in [-0.3, -0.25) is 9.36 Å². The van der Waals surface area contributed by atoms with Gasteiger partial charge in [-0.25, -0.2) is 0 Å². The van der Waals surface area contributed by atoms with Crippen LogP contribution in [0.5, 0.6) is 0 Å². The quantitative estimate of drug-likeness (QED) is 0.628. The van der Waals surface area contributed by atoms with Crippen molar-refractivity contribution in [2.75, 3.05) is 0 Å². The highest BCUT2D eigenvalue weighted by Crippen LogP contribution is 2.04. The van der Waals surface area contributed by atoms with Crippen LogP contribution in [-0.2, 0) is 0 Å². The highest BCUT2D eigenvalue weighted by molar-refractivity contribution is 5.83. The Kier molecular flexibility index (Phi) is 1.61. The molecule has 0 spiro atoms. The van der Waals surface area contributed by atoms with Crippen LogP contribution >= 0.6 is 0 Å². The number of hydrogen-bond donors (Lipinski definition) is 0. The van der Waals surface area contributed by atoms with Crippen molar-refractivity contribution in [2.24, 2.45) is 5.92 Å². The third-order valence-corrected chi connectivity index (χ3v) is 1.78. The molecule has 2 aromatic heterocycles. The van der Waals surface area contributed by atoms with Crippen LogP contribution in [0.15, 0.2) is 12.4 Å². The molecule has 6 heteroatoms. The van der Waals surface area contributed by atoms with E-state index in [0.29, 0.717) is 5.78 Å². The van der Waals surface area contributed by atoms with Crippen molar-refractivity contribution in [1.29, 1.82) is 0 Å². The van der Waals surface area contributed by atoms with Gasteiger partial charge in [0, 0.05) is 12.1 Å². The zero-order valence-corrected chi connectivity index (χ0v) is 7.38. The molecule has 0 aliphatic rings. The van der Waals surface area contributed by atoms with Crippen LogP contribution in [0.25, 0.3) is 5.78 Å². The Hall–Kier alpha value is -1.72. The molecular formula is C7H9N5O. The third kappa shape index (κ3) is 1.10. The van der Waals surface area contributed by atoms with Crippen LogP contribution in [-0.4, -0.2) is 30.5 Å². The van der Waals surface area contributed by atoms with E-state index in [1.807, 2.05) is 13.8 Å². The SMILES string of the molecule is CC(C)C(=O)n1ccn2nnnc12. The van der Waals surface area contributed by atoms with E-state index in [4.69, 9.17) is 0 Å². The molecule has 0 aliphatic carbocycles. The normalized spacial score (nSPS) is 11.3. The molecule has 2 aromatic rings. The zero-order chi connectivity index (χ0) is 9.42. The lowest BCUT2D eigenvalue weighted by Crippen LogP contribution is -2.16. The molecule has 0 saturated heterocycles. The number of rotatable bonds is 1. The Balaban J connectivity index is 2.54. The largest absolute Gasteiger partial charge is 0.274 e. The number of nitrogens with zero attached hydrogens (tertiary/aromatic N) is 5. The molecule has 6 nitrogen and oxygen atoms in total. The minimum atomic E-state index is -0.0621. The molecule has 0 atom stereocenters. The van der Waals surface area contributed by atoms with E-state index in [-0.39, 0.29) is 11.8 Å². The number of fused-ring (bicyclic) bond motifs is 1. The Morgan fingerprint density at radius 2 is 2.23 bits per heavy atom. The van der Waals surface area contributed by atoms with Crippen LogP contribution in [0.1, 0.15) is 18.6 Å². The molecule has 0 amide bonds. The third-order valence-electron chi connectivity index (χ3n) is 1.78. The molecule has 0 bridgehead atoms. The zero-order valence-electron chi connectivity index (χ0n) is 7.38. The van der Waals surface area contributed by atoms with Crippen molar-refractivity contribution < 1.29 is 4.79 Å². The van der Waals surface area contributed by atoms with Crippen molar-refractivity contribution in [3.05, 3.63) is 12.4 Å². The lowest BCUT2D eigenvalue weighted by atomic mass is 10.2. The Labute approximate surface area is 74.2 Å². The number of carbonyl (C=O) groups excluding carboxylic acids is 1. The van der Waals surface area contributed by atoms with Crippen LogP contribution in [0.4, 0.5) is 0 Å². The van der Waals surface area contributed by atoms with Gasteiger partial charge >= 0.3 is 0 Å². The number of imidazole rings is 1. The maximum absolute atomic E-state index is 11.6. The second-order valence-corrected chi connectivity index (χ2v) is 3.08. The predicted octanol–water partition coefficient (Wildman–Crippen LogP) is 0.222. The first kappa shape index (κ1) is 7.90. The van der Waals surface area contributed by atoms with Crippen LogP contribution in [0.2, 0.25) is 0 Å². The van der Waals surface area contributed by atoms with E-state index in [2.05, 4.69) is 15.5 Å². The molecule has 0 aromatic carbocycles. The molecule has 0 fully saturated rings. The first-order valence-electron chi connectivity index (χ1n) is 3.99. The van der Waals surface area contributed by atoms with Gasteiger partial charge in [0.25, 0.3) is 5.78 Å². The van der Waals surface area contributed by atoms with E-state index in [0.717, 1.165) is 0 Å². The Bertz CT molecular complexity index is 440. The summed E-state index contributed by atoms with van der Waals surface area (Å²) in [5, 5.41) is 10.8. The van der Waals surface area contributed by atoms with Gasteiger partial charge in [-0.2, -0.15) is 4.52 Å². The summed E-state index contributed by atoms with van der Waals surface area (Å²) in [5.41, 5.74) is 0. The van der Waals surface area contributed by atoms with Gasteiger partial charge in [0.15, 0.2) is 0 Å². The summed E-state index contributed by atoms with van der Waals surface area (Å²) in [4.78, 5) is 11.6. The topological polar surface area (TPSA) is 65.1 Å². The Morgan fingerprint density at radius 3 is 2.92 bits per heavy atom. The molecule has 0 saturated carbocycles. The van der Waals surface area contributed by atoms with Crippen molar-refractivity contribution in [1.82, 2.24) is 24.6 Å². The lowest BCUT2D eigenvalue weighted by Gasteiger charge is -2.02. The minimum Gasteiger partial charge on any atom is -0.274 e. The fourth-order valence-corrected chi connectivity index (χ4v) is 1.09. The van der Waals surface area contributed by atoms with Gasteiger partial charge in [-0.05, 0) is 10.4 Å². The van der Waals surface area contributed by atoms with Gasteiger partial charge < -0.3 is 0 Å². The molecule has 13 heavy (non-hydrogen) atoms. The maximum atomic E-state index is 11.6. The molecule has 0 aliphatic heterocycles. The van der Waals surface area contributed by atoms with Crippen molar-refractivity contribution in [3.8, 4) is 0 Å².